The third-order valence-electron chi connectivity index (χ3n) is 5.85. The van der Waals surface area contributed by atoms with E-state index in [4.69, 9.17) is 24.0 Å². The topological polar surface area (TPSA) is 72.8 Å². The summed E-state index contributed by atoms with van der Waals surface area (Å²) in [6, 6.07) is 13.2. The molecular formula is C24H29N3O5. The molecule has 0 aliphatic carbocycles. The van der Waals surface area contributed by atoms with Gasteiger partial charge in [0.15, 0.2) is 0 Å². The minimum atomic E-state index is -0.198. The fourth-order valence-electron chi connectivity index (χ4n) is 4.05. The number of rotatable bonds is 7. The number of benzene rings is 2. The molecule has 0 spiro atoms. The van der Waals surface area contributed by atoms with Crippen molar-refractivity contribution >= 4 is 11.6 Å². The molecule has 170 valence electrons. The van der Waals surface area contributed by atoms with Gasteiger partial charge < -0.3 is 18.9 Å². The summed E-state index contributed by atoms with van der Waals surface area (Å²) >= 11 is 0. The molecule has 4 rings (SSSR count). The van der Waals surface area contributed by atoms with Crippen LogP contribution in [0.3, 0.4) is 0 Å². The Morgan fingerprint density at radius 3 is 2.34 bits per heavy atom. The van der Waals surface area contributed by atoms with E-state index in [1.807, 2.05) is 42.5 Å². The van der Waals surface area contributed by atoms with Crippen LogP contribution >= 0.6 is 0 Å². The largest absolute Gasteiger partial charge is 0.497 e. The van der Waals surface area contributed by atoms with Crippen molar-refractivity contribution < 1.29 is 23.7 Å². The lowest BCUT2D eigenvalue weighted by molar-refractivity contribution is -0.135. The van der Waals surface area contributed by atoms with E-state index in [0.29, 0.717) is 37.7 Å². The number of ether oxygens (including phenoxy) is 4. The van der Waals surface area contributed by atoms with E-state index in [0.717, 1.165) is 35.7 Å². The van der Waals surface area contributed by atoms with Gasteiger partial charge in [-0.05, 0) is 29.8 Å². The SMILES string of the molecule is COc1ccc(C2CC(c3ccc(OC)cc3OC)=NN2C(=O)CN2CCOCC2)cc1. The van der Waals surface area contributed by atoms with Crippen LogP contribution in [0.25, 0.3) is 0 Å². The first-order chi connectivity index (χ1) is 15.6. The Labute approximate surface area is 188 Å². The molecule has 8 nitrogen and oxygen atoms in total. The Balaban J connectivity index is 1.64. The number of morpholine rings is 1. The smallest absolute Gasteiger partial charge is 0.257 e. The van der Waals surface area contributed by atoms with Crippen molar-refractivity contribution in [2.45, 2.75) is 12.5 Å². The molecule has 2 aliphatic rings. The standard InChI is InChI=1S/C24H29N3O5/c1-29-18-6-4-17(5-7-18)22-15-21(20-9-8-19(30-2)14-23(20)31-3)25-27(22)24(28)16-26-10-12-32-13-11-26/h4-9,14,22H,10-13,15-16H2,1-3H3. The van der Waals surface area contributed by atoms with Crippen LogP contribution in [0.4, 0.5) is 0 Å². The molecular weight excluding hydrogens is 410 g/mol. The van der Waals surface area contributed by atoms with E-state index in [1.165, 1.54) is 0 Å². The molecule has 1 unspecified atom stereocenters. The second-order valence-corrected chi connectivity index (χ2v) is 7.73. The summed E-state index contributed by atoms with van der Waals surface area (Å²) < 4.78 is 21.6. The molecule has 1 saturated heterocycles. The number of nitrogens with zero attached hydrogens (tertiary/aromatic N) is 3. The van der Waals surface area contributed by atoms with Crippen molar-refractivity contribution in [2.75, 3.05) is 54.2 Å². The van der Waals surface area contributed by atoms with E-state index >= 15 is 0 Å². The van der Waals surface area contributed by atoms with Crippen molar-refractivity contribution in [3.63, 3.8) is 0 Å². The first-order valence-electron chi connectivity index (χ1n) is 10.7. The van der Waals surface area contributed by atoms with Gasteiger partial charge in [-0.3, -0.25) is 9.69 Å². The van der Waals surface area contributed by atoms with Gasteiger partial charge in [-0.1, -0.05) is 12.1 Å². The van der Waals surface area contributed by atoms with Gasteiger partial charge in [0.05, 0.1) is 52.8 Å². The molecule has 0 bridgehead atoms. The Kier molecular flexibility index (Phi) is 6.92. The van der Waals surface area contributed by atoms with Gasteiger partial charge in [-0.2, -0.15) is 5.10 Å². The highest BCUT2D eigenvalue weighted by atomic mass is 16.5. The molecule has 1 atom stereocenters. The quantitative estimate of drug-likeness (QED) is 0.661. The van der Waals surface area contributed by atoms with Gasteiger partial charge in [-0.15, -0.1) is 0 Å². The summed E-state index contributed by atoms with van der Waals surface area (Å²) in [5.74, 6) is 2.11. The van der Waals surface area contributed by atoms with Crippen molar-refractivity contribution in [3.8, 4) is 17.2 Å². The maximum absolute atomic E-state index is 13.3. The van der Waals surface area contributed by atoms with Crippen LogP contribution < -0.4 is 14.2 Å². The van der Waals surface area contributed by atoms with Gasteiger partial charge in [0.1, 0.15) is 17.2 Å². The van der Waals surface area contributed by atoms with Crippen molar-refractivity contribution in [2.24, 2.45) is 5.10 Å². The number of carbonyl (C=O) groups is 1. The third kappa shape index (κ3) is 4.71. The fraction of sp³-hybridized carbons (Fsp3) is 0.417. The number of methoxy groups -OCH3 is 3. The van der Waals surface area contributed by atoms with E-state index in [2.05, 4.69) is 4.90 Å². The average Bonchev–Trinajstić information content (AvgIpc) is 3.29. The lowest BCUT2D eigenvalue weighted by atomic mass is 9.97. The molecule has 8 heteroatoms. The molecule has 1 fully saturated rings. The van der Waals surface area contributed by atoms with Crippen LogP contribution in [0.15, 0.2) is 47.6 Å². The third-order valence-corrected chi connectivity index (χ3v) is 5.85. The second-order valence-electron chi connectivity index (χ2n) is 7.73. The van der Waals surface area contributed by atoms with Gasteiger partial charge in [-0.25, -0.2) is 5.01 Å². The molecule has 32 heavy (non-hydrogen) atoms. The number of hydrazone groups is 1. The lowest BCUT2D eigenvalue weighted by Gasteiger charge is -2.29. The van der Waals surface area contributed by atoms with Crippen LogP contribution in [0.2, 0.25) is 0 Å². The first-order valence-corrected chi connectivity index (χ1v) is 10.7. The van der Waals surface area contributed by atoms with Gasteiger partial charge in [0.25, 0.3) is 5.91 Å². The normalized spacial score (nSPS) is 18.9. The maximum atomic E-state index is 13.3. The van der Waals surface area contributed by atoms with Crippen LogP contribution in [0, 0.1) is 0 Å². The maximum Gasteiger partial charge on any atom is 0.257 e. The van der Waals surface area contributed by atoms with E-state index in [1.54, 1.807) is 26.3 Å². The van der Waals surface area contributed by atoms with Crippen LogP contribution in [-0.4, -0.2) is 75.7 Å². The van der Waals surface area contributed by atoms with Crippen LogP contribution in [0.1, 0.15) is 23.6 Å². The number of amides is 1. The zero-order valence-corrected chi connectivity index (χ0v) is 18.7. The van der Waals surface area contributed by atoms with Gasteiger partial charge in [0.2, 0.25) is 0 Å². The number of carbonyl (C=O) groups excluding carboxylic acids is 1. The predicted octanol–water partition coefficient (Wildman–Crippen LogP) is 2.72. The molecule has 2 aliphatic heterocycles. The zero-order valence-electron chi connectivity index (χ0n) is 18.7. The monoisotopic (exact) mass is 439 g/mol. The Hall–Kier alpha value is -3.10. The summed E-state index contributed by atoms with van der Waals surface area (Å²) in [5.41, 5.74) is 2.67. The fourth-order valence-corrected chi connectivity index (χ4v) is 4.05. The Bertz CT molecular complexity index is 970. The van der Waals surface area contributed by atoms with Crippen molar-refractivity contribution in [3.05, 3.63) is 53.6 Å². The van der Waals surface area contributed by atoms with Crippen molar-refractivity contribution in [1.29, 1.82) is 0 Å². The minimum Gasteiger partial charge on any atom is -0.497 e. The van der Waals surface area contributed by atoms with Crippen LogP contribution in [-0.2, 0) is 9.53 Å². The molecule has 2 aromatic carbocycles. The van der Waals surface area contributed by atoms with Gasteiger partial charge in [0, 0.05) is 31.1 Å². The molecule has 2 heterocycles. The molecule has 0 N–H and O–H groups in total. The molecule has 0 aromatic heterocycles. The zero-order chi connectivity index (χ0) is 22.5. The van der Waals surface area contributed by atoms with Crippen molar-refractivity contribution in [1.82, 2.24) is 9.91 Å². The van der Waals surface area contributed by atoms with E-state index in [-0.39, 0.29) is 11.9 Å². The summed E-state index contributed by atoms with van der Waals surface area (Å²) in [6.07, 6.45) is 0.587. The van der Waals surface area contributed by atoms with E-state index in [9.17, 15) is 4.79 Å². The highest BCUT2D eigenvalue weighted by Gasteiger charge is 2.34. The number of hydrogen-bond acceptors (Lipinski definition) is 7. The summed E-state index contributed by atoms with van der Waals surface area (Å²) in [5, 5.41) is 6.40. The Morgan fingerprint density at radius 1 is 1.00 bits per heavy atom. The van der Waals surface area contributed by atoms with Gasteiger partial charge >= 0.3 is 0 Å². The minimum absolute atomic E-state index is 0.0322. The first kappa shape index (κ1) is 22.1. The summed E-state index contributed by atoms with van der Waals surface area (Å²) in [7, 11) is 4.88. The number of hydrogen-bond donors (Lipinski definition) is 0. The molecule has 0 radical (unpaired) electrons. The highest BCUT2D eigenvalue weighted by molar-refractivity contribution is 6.05. The summed E-state index contributed by atoms with van der Waals surface area (Å²) in [6.45, 7) is 3.09. The average molecular weight is 440 g/mol. The molecule has 1 amide bonds. The van der Waals surface area contributed by atoms with E-state index < -0.39 is 0 Å². The predicted molar refractivity (Wildman–Crippen MR) is 121 cm³/mol. The van der Waals surface area contributed by atoms with Crippen LogP contribution in [0.5, 0.6) is 17.2 Å². The Morgan fingerprint density at radius 2 is 1.69 bits per heavy atom. The second kappa shape index (κ2) is 10.0. The lowest BCUT2D eigenvalue weighted by Crippen LogP contribution is -2.43. The molecule has 0 saturated carbocycles. The molecule has 2 aromatic rings. The highest BCUT2D eigenvalue weighted by Crippen LogP contribution is 2.36. The summed E-state index contributed by atoms with van der Waals surface area (Å²) in [4.78, 5) is 15.4.